The highest BCUT2D eigenvalue weighted by Gasteiger charge is 2.12. The number of hydrogen-bond donors (Lipinski definition) is 2. The van der Waals surface area contributed by atoms with Crippen molar-refractivity contribution < 1.29 is 24.2 Å². The number of unbranched alkanes of at least 4 members (excludes halogenated alkanes) is 14. The van der Waals surface area contributed by atoms with Crippen LogP contribution in [0.1, 0.15) is 168 Å². The second kappa shape index (κ2) is 36.0. The Morgan fingerprint density at radius 1 is 0.596 bits per heavy atom. The molecule has 6 heteroatoms. The van der Waals surface area contributed by atoms with E-state index in [1.54, 1.807) is 0 Å². The molecule has 0 aromatic heterocycles. The molecule has 1 atom stereocenters. The summed E-state index contributed by atoms with van der Waals surface area (Å²) in [7, 11) is 0. The number of ether oxygens (including phenoxy) is 1. The van der Waals surface area contributed by atoms with Gasteiger partial charge in [0, 0.05) is 12.8 Å². The summed E-state index contributed by atoms with van der Waals surface area (Å²) in [4.78, 5) is 34.9. The molecule has 0 saturated heterocycles. The molecule has 0 rings (SSSR count). The molecule has 0 aromatic carbocycles. The molecule has 0 aliphatic rings. The molecule has 0 aliphatic carbocycles. The minimum atomic E-state index is -1.03. The minimum absolute atomic E-state index is 0.107. The molecule has 1 amide bonds. The van der Waals surface area contributed by atoms with E-state index in [1.807, 2.05) is 0 Å². The number of esters is 1. The van der Waals surface area contributed by atoms with E-state index < -0.39 is 5.97 Å². The Morgan fingerprint density at radius 3 is 1.72 bits per heavy atom. The molecule has 268 valence electrons. The molecule has 6 nitrogen and oxygen atoms in total. The van der Waals surface area contributed by atoms with Crippen LogP contribution in [0.2, 0.25) is 0 Å². The molecule has 0 spiro atoms. The lowest BCUT2D eigenvalue weighted by Crippen LogP contribution is -2.28. The van der Waals surface area contributed by atoms with Gasteiger partial charge in [0.1, 0.15) is 12.6 Å². The summed E-state index contributed by atoms with van der Waals surface area (Å²) in [5, 5.41) is 11.1. The molecule has 1 unspecified atom stereocenters. The van der Waals surface area contributed by atoms with E-state index >= 15 is 0 Å². The predicted molar refractivity (Wildman–Crippen MR) is 198 cm³/mol. The highest BCUT2D eigenvalue weighted by molar-refractivity contribution is 5.80. The van der Waals surface area contributed by atoms with Crippen LogP contribution in [0.15, 0.2) is 60.8 Å². The van der Waals surface area contributed by atoms with Gasteiger partial charge in [0.15, 0.2) is 0 Å². The second-order valence-corrected chi connectivity index (χ2v) is 12.4. The summed E-state index contributed by atoms with van der Waals surface area (Å²) in [5.74, 6) is -1.36. The monoisotopic (exact) mass is 656 g/mol. The lowest BCUT2D eigenvalue weighted by molar-refractivity contribution is -0.147. The van der Waals surface area contributed by atoms with Gasteiger partial charge in [-0.1, -0.05) is 133 Å². The first kappa shape index (κ1) is 44.1. The molecule has 0 bridgehead atoms. The summed E-state index contributed by atoms with van der Waals surface area (Å²) >= 11 is 0. The van der Waals surface area contributed by atoms with E-state index in [-0.39, 0.29) is 24.5 Å². The SMILES string of the molecule is CC/C=C\C/C=C\C/C=C\C/C=C\CCCCCCC(=O)OC(/C=C\CCCCCCCCC)CCCCCCC(=O)NCC(=O)O. The van der Waals surface area contributed by atoms with Crippen molar-refractivity contribution in [1.82, 2.24) is 5.32 Å². The number of amides is 1. The normalized spacial score (nSPS) is 12.7. The Hall–Kier alpha value is -2.89. The third kappa shape index (κ3) is 35.8. The van der Waals surface area contributed by atoms with Crippen molar-refractivity contribution in [2.24, 2.45) is 0 Å². The Labute approximate surface area is 288 Å². The third-order valence-corrected chi connectivity index (χ3v) is 7.91. The Bertz CT molecular complexity index is 902. The molecular weight excluding hydrogens is 586 g/mol. The van der Waals surface area contributed by atoms with Gasteiger partial charge in [-0.15, -0.1) is 0 Å². The van der Waals surface area contributed by atoms with Gasteiger partial charge in [-0.05, 0) is 83.1 Å². The smallest absolute Gasteiger partial charge is 0.322 e. The number of hydrogen-bond acceptors (Lipinski definition) is 4. The molecule has 0 heterocycles. The van der Waals surface area contributed by atoms with Crippen LogP contribution >= 0.6 is 0 Å². The number of rotatable bonds is 33. The Morgan fingerprint density at radius 2 is 1.11 bits per heavy atom. The molecule has 2 N–H and O–H groups in total. The van der Waals surface area contributed by atoms with E-state index in [0.717, 1.165) is 96.3 Å². The van der Waals surface area contributed by atoms with Gasteiger partial charge in [-0.25, -0.2) is 0 Å². The maximum Gasteiger partial charge on any atom is 0.322 e. The molecule has 0 aromatic rings. The van der Waals surface area contributed by atoms with Crippen molar-refractivity contribution in [3.05, 3.63) is 60.8 Å². The van der Waals surface area contributed by atoms with Gasteiger partial charge in [0.25, 0.3) is 0 Å². The summed E-state index contributed by atoms with van der Waals surface area (Å²) in [5.41, 5.74) is 0. The van der Waals surface area contributed by atoms with Crippen LogP contribution in [0.5, 0.6) is 0 Å². The van der Waals surface area contributed by atoms with Gasteiger partial charge in [0.05, 0.1) is 0 Å². The van der Waals surface area contributed by atoms with E-state index in [2.05, 4.69) is 79.9 Å². The Kier molecular flexibility index (Phi) is 33.7. The molecule has 0 aliphatic heterocycles. The zero-order valence-electron chi connectivity index (χ0n) is 30.1. The van der Waals surface area contributed by atoms with Gasteiger partial charge < -0.3 is 15.2 Å². The van der Waals surface area contributed by atoms with Crippen LogP contribution in [0.3, 0.4) is 0 Å². The van der Waals surface area contributed by atoms with Crippen LogP contribution in [-0.4, -0.2) is 35.6 Å². The number of nitrogens with one attached hydrogen (secondary N) is 1. The van der Waals surface area contributed by atoms with Gasteiger partial charge in [-0.3, -0.25) is 14.4 Å². The quantitative estimate of drug-likeness (QED) is 0.0417. The zero-order chi connectivity index (χ0) is 34.5. The minimum Gasteiger partial charge on any atom is -0.480 e. The predicted octanol–water partition coefficient (Wildman–Crippen LogP) is 11.3. The summed E-state index contributed by atoms with van der Waals surface area (Å²) in [6.45, 7) is 4.07. The lowest BCUT2D eigenvalue weighted by atomic mass is 10.1. The topological polar surface area (TPSA) is 92.7 Å². The highest BCUT2D eigenvalue weighted by atomic mass is 16.5. The van der Waals surface area contributed by atoms with E-state index in [9.17, 15) is 14.4 Å². The van der Waals surface area contributed by atoms with Crippen molar-refractivity contribution in [2.45, 2.75) is 174 Å². The first-order valence-corrected chi connectivity index (χ1v) is 18.9. The molecule has 0 radical (unpaired) electrons. The zero-order valence-corrected chi connectivity index (χ0v) is 30.1. The van der Waals surface area contributed by atoms with Crippen molar-refractivity contribution in [1.29, 1.82) is 0 Å². The van der Waals surface area contributed by atoms with E-state index in [0.29, 0.717) is 12.8 Å². The second-order valence-electron chi connectivity index (χ2n) is 12.4. The average Bonchev–Trinajstić information content (AvgIpc) is 3.05. The van der Waals surface area contributed by atoms with Gasteiger partial charge >= 0.3 is 11.9 Å². The first-order valence-electron chi connectivity index (χ1n) is 18.9. The maximum atomic E-state index is 12.6. The number of carbonyl (C=O) groups is 3. The van der Waals surface area contributed by atoms with Crippen LogP contribution < -0.4 is 5.32 Å². The van der Waals surface area contributed by atoms with Crippen molar-refractivity contribution in [2.75, 3.05) is 6.54 Å². The van der Waals surface area contributed by atoms with Crippen LogP contribution in [0, 0.1) is 0 Å². The fourth-order valence-electron chi connectivity index (χ4n) is 5.12. The number of allylic oxidation sites excluding steroid dienone is 9. The molecule has 0 saturated carbocycles. The highest BCUT2D eigenvalue weighted by Crippen LogP contribution is 2.15. The van der Waals surface area contributed by atoms with Crippen molar-refractivity contribution in [3.63, 3.8) is 0 Å². The molecular formula is C41H69NO5. The standard InChI is InChI=1S/C41H69NO5/c1-3-5-7-9-11-13-14-15-16-17-18-19-20-22-24-26-32-36-41(46)47-38(33-29-25-23-21-12-10-8-6-4-2)34-30-27-28-31-35-39(43)42-37-40(44)45/h5,7,11,13,15-16,18-19,29,33,38H,3-4,6,8-10,12,14,17,20-28,30-32,34-37H2,1-2H3,(H,42,43)(H,44,45)/b7-5-,13-11-,16-15-,19-18-,33-29-. The van der Waals surface area contributed by atoms with E-state index in [1.165, 1.54) is 44.9 Å². The number of aliphatic carboxylic acids is 1. The van der Waals surface area contributed by atoms with Crippen molar-refractivity contribution in [3.8, 4) is 0 Å². The first-order chi connectivity index (χ1) is 23.0. The third-order valence-electron chi connectivity index (χ3n) is 7.91. The number of carboxylic acid groups (broad SMARTS) is 1. The summed E-state index contributed by atoms with van der Waals surface area (Å²) in [6.07, 6.45) is 46.3. The van der Waals surface area contributed by atoms with Crippen LogP contribution in [-0.2, 0) is 19.1 Å². The fraction of sp³-hybridized carbons (Fsp3) is 0.683. The largest absolute Gasteiger partial charge is 0.480 e. The van der Waals surface area contributed by atoms with Crippen molar-refractivity contribution >= 4 is 17.8 Å². The molecule has 0 fully saturated rings. The molecule has 47 heavy (non-hydrogen) atoms. The average molecular weight is 656 g/mol. The van der Waals surface area contributed by atoms with Crippen LogP contribution in [0.4, 0.5) is 0 Å². The van der Waals surface area contributed by atoms with Gasteiger partial charge in [-0.2, -0.15) is 0 Å². The van der Waals surface area contributed by atoms with Gasteiger partial charge in [0.2, 0.25) is 5.91 Å². The van der Waals surface area contributed by atoms with E-state index in [4.69, 9.17) is 9.84 Å². The number of carbonyl (C=O) groups excluding carboxylic acids is 2. The number of carboxylic acids is 1. The fourth-order valence-corrected chi connectivity index (χ4v) is 5.12. The summed E-state index contributed by atoms with van der Waals surface area (Å²) in [6, 6.07) is 0. The van der Waals surface area contributed by atoms with Crippen LogP contribution in [0.25, 0.3) is 0 Å². The maximum absolute atomic E-state index is 12.6. The lowest BCUT2D eigenvalue weighted by Gasteiger charge is -2.15. The summed E-state index contributed by atoms with van der Waals surface area (Å²) < 4.78 is 5.88. The Balaban J connectivity index is 4.23.